The normalized spacial score (nSPS) is 23.8. The first-order chi connectivity index (χ1) is 15.5. The molecule has 0 bridgehead atoms. The Hall–Kier alpha value is -2.86. The second kappa shape index (κ2) is 8.24. The minimum atomic E-state index is -1.11. The third-order valence-corrected chi connectivity index (χ3v) is 6.53. The Morgan fingerprint density at radius 1 is 1.06 bits per heavy atom. The summed E-state index contributed by atoms with van der Waals surface area (Å²) in [6.45, 7) is 0.706. The van der Waals surface area contributed by atoms with Crippen LogP contribution in [0.5, 0.6) is 5.75 Å². The number of benzene rings is 3. The van der Waals surface area contributed by atoms with E-state index < -0.39 is 5.72 Å². The number of halogens is 1. The van der Waals surface area contributed by atoms with Gasteiger partial charge in [-0.05, 0) is 42.3 Å². The van der Waals surface area contributed by atoms with Gasteiger partial charge in [-0.15, -0.1) is 0 Å². The highest BCUT2D eigenvalue weighted by Crippen LogP contribution is 2.47. The second-order valence-electron chi connectivity index (χ2n) is 8.31. The van der Waals surface area contributed by atoms with E-state index in [0.29, 0.717) is 30.2 Å². The van der Waals surface area contributed by atoms with Gasteiger partial charge < -0.3 is 14.6 Å². The first-order valence-electron chi connectivity index (χ1n) is 10.7. The number of methoxy groups -OCH3 is 1. The Morgan fingerprint density at radius 2 is 1.75 bits per heavy atom. The van der Waals surface area contributed by atoms with E-state index in [-0.39, 0.29) is 17.9 Å². The molecule has 3 atom stereocenters. The summed E-state index contributed by atoms with van der Waals surface area (Å²) < 4.78 is 11.9. The number of amides is 1. The fraction of sp³-hybridized carbons (Fsp3) is 0.269. The average molecular weight is 450 g/mol. The highest BCUT2D eigenvalue weighted by molar-refractivity contribution is 6.30. The van der Waals surface area contributed by atoms with Crippen molar-refractivity contribution in [2.75, 3.05) is 13.7 Å². The molecular weight excluding hydrogens is 426 g/mol. The van der Waals surface area contributed by atoms with E-state index in [9.17, 15) is 9.90 Å². The molecule has 1 aliphatic carbocycles. The average Bonchev–Trinajstić information content (AvgIpc) is 3.48. The van der Waals surface area contributed by atoms with Gasteiger partial charge in [0.15, 0.2) is 5.72 Å². The molecule has 6 heteroatoms. The van der Waals surface area contributed by atoms with Crippen molar-refractivity contribution in [1.82, 2.24) is 4.90 Å². The van der Waals surface area contributed by atoms with Crippen LogP contribution in [0.2, 0.25) is 5.02 Å². The molecule has 0 radical (unpaired) electrons. The van der Waals surface area contributed by atoms with Crippen molar-refractivity contribution in [3.63, 3.8) is 0 Å². The Balaban J connectivity index is 1.62. The summed E-state index contributed by atoms with van der Waals surface area (Å²) >= 11 is 6.18. The summed E-state index contributed by atoms with van der Waals surface area (Å²) in [6, 6.07) is 22.7. The van der Waals surface area contributed by atoms with Gasteiger partial charge in [0, 0.05) is 34.2 Å². The predicted octanol–water partition coefficient (Wildman–Crippen LogP) is 4.60. The molecule has 32 heavy (non-hydrogen) atoms. The van der Waals surface area contributed by atoms with Crippen molar-refractivity contribution in [2.45, 2.75) is 24.8 Å². The van der Waals surface area contributed by atoms with Crippen LogP contribution < -0.4 is 4.74 Å². The minimum Gasteiger partial charge on any atom is -0.497 e. The van der Waals surface area contributed by atoms with Crippen LogP contribution in [-0.2, 0) is 17.0 Å². The van der Waals surface area contributed by atoms with Crippen LogP contribution in [0.15, 0.2) is 72.8 Å². The standard InChI is InChI=1S/C26H24ClNO4/c1-31-21-12-6-17(7-13-21)15-28-25(30)22-4-2-3-5-23(22)26(28,32-16-18-14-24(18)29)19-8-10-20(27)11-9-19/h2-13,18,24,29H,14-16H2,1H3. The van der Waals surface area contributed by atoms with E-state index >= 15 is 0 Å². The van der Waals surface area contributed by atoms with Crippen molar-refractivity contribution in [3.8, 4) is 5.75 Å². The number of aliphatic hydroxyl groups is 1. The number of ether oxygens (including phenoxy) is 2. The van der Waals surface area contributed by atoms with Crippen LogP contribution in [0, 0.1) is 5.92 Å². The number of fused-ring (bicyclic) bond motifs is 1. The van der Waals surface area contributed by atoms with Gasteiger partial charge in [0.25, 0.3) is 5.91 Å². The number of rotatable bonds is 7. The van der Waals surface area contributed by atoms with Crippen LogP contribution in [0.3, 0.4) is 0 Å². The second-order valence-corrected chi connectivity index (χ2v) is 8.75. The van der Waals surface area contributed by atoms with E-state index in [1.807, 2.05) is 72.8 Å². The molecule has 3 unspecified atom stereocenters. The Labute approximate surface area is 192 Å². The molecule has 0 saturated heterocycles. The predicted molar refractivity (Wildman–Crippen MR) is 122 cm³/mol. The van der Waals surface area contributed by atoms with Crippen LogP contribution in [0.4, 0.5) is 0 Å². The van der Waals surface area contributed by atoms with E-state index in [1.54, 1.807) is 12.0 Å². The first-order valence-corrected chi connectivity index (χ1v) is 11.0. The van der Waals surface area contributed by atoms with Gasteiger partial charge in [-0.25, -0.2) is 0 Å². The van der Waals surface area contributed by atoms with Crippen LogP contribution in [0.1, 0.15) is 33.5 Å². The Bertz CT molecular complexity index is 1130. The molecular formula is C26H24ClNO4. The van der Waals surface area contributed by atoms with Crippen LogP contribution in [-0.4, -0.2) is 35.7 Å². The molecule has 1 amide bonds. The fourth-order valence-corrected chi connectivity index (χ4v) is 4.49. The molecule has 1 saturated carbocycles. The maximum atomic E-state index is 13.7. The molecule has 2 aliphatic rings. The summed E-state index contributed by atoms with van der Waals surface area (Å²) in [5.41, 5.74) is 2.09. The lowest BCUT2D eigenvalue weighted by atomic mass is 9.93. The van der Waals surface area contributed by atoms with Gasteiger partial charge in [-0.1, -0.05) is 54.1 Å². The molecule has 1 fully saturated rings. The first kappa shape index (κ1) is 21.0. The van der Waals surface area contributed by atoms with Gasteiger partial charge in [0.2, 0.25) is 0 Å². The summed E-state index contributed by atoms with van der Waals surface area (Å²) in [5, 5.41) is 10.5. The number of nitrogens with zero attached hydrogens (tertiary/aromatic N) is 1. The number of carbonyl (C=O) groups is 1. The number of hydrogen-bond donors (Lipinski definition) is 1. The fourth-order valence-electron chi connectivity index (χ4n) is 4.36. The maximum Gasteiger partial charge on any atom is 0.257 e. The SMILES string of the molecule is COc1ccc(CN2C(=O)c3ccccc3C2(OCC2CC2O)c2ccc(Cl)cc2)cc1. The smallest absolute Gasteiger partial charge is 0.257 e. The monoisotopic (exact) mass is 449 g/mol. The van der Waals surface area contributed by atoms with Gasteiger partial charge in [0.1, 0.15) is 5.75 Å². The number of carbonyl (C=O) groups excluding carboxylic acids is 1. The van der Waals surface area contributed by atoms with Gasteiger partial charge in [-0.3, -0.25) is 9.69 Å². The highest BCUT2D eigenvalue weighted by atomic mass is 35.5. The molecule has 1 heterocycles. The van der Waals surface area contributed by atoms with Gasteiger partial charge in [0.05, 0.1) is 19.8 Å². The molecule has 5 nitrogen and oxygen atoms in total. The van der Waals surface area contributed by atoms with Gasteiger partial charge in [-0.2, -0.15) is 0 Å². The lowest BCUT2D eigenvalue weighted by molar-refractivity contribution is -0.116. The van der Waals surface area contributed by atoms with E-state index in [0.717, 1.165) is 22.4 Å². The highest BCUT2D eigenvalue weighted by Gasteiger charge is 2.53. The molecule has 0 spiro atoms. The summed E-state index contributed by atoms with van der Waals surface area (Å²) in [6.07, 6.45) is 0.366. The topological polar surface area (TPSA) is 59.0 Å². The maximum absolute atomic E-state index is 13.7. The zero-order valence-electron chi connectivity index (χ0n) is 17.7. The van der Waals surface area contributed by atoms with Crippen molar-refractivity contribution in [1.29, 1.82) is 0 Å². The van der Waals surface area contributed by atoms with Gasteiger partial charge >= 0.3 is 0 Å². The zero-order valence-corrected chi connectivity index (χ0v) is 18.5. The quantitative estimate of drug-likeness (QED) is 0.572. The minimum absolute atomic E-state index is 0.0740. The zero-order chi connectivity index (χ0) is 22.3. The van der Waals surface area contributed by atoms with Crippen molar-refractivity contribution >= 4 is 17.5 Å². The number of hydrogen-bond acceptors (Lipinski definition) is 4. The lowest BCUT2D eigenvalue weighted by Gasteiger charge is -2.39. The molecule has 1 N–H and O–H groups in total. The molecule has 3 aromatic carbocycles. The number of aliphatic hydroxyl groups excluding tert-OH is 1. The Morgan fingerprint density at radius 3 is 2.41 bits per heavy atom. The molecule has 1 aliphatic heterocycles. The summed E-state index contributed by atoms with van der Waals surface area (Å²) in [5.74, 6) is 0.736. The Kier molecular flexibility index (Phi) is 5.41. The van der Waals surface area contributed by atoms with Crippen LogP contribution >= 0.6 is 11.6 Å². The summed E-state index contributed by atoms with van der Waals surface area (Å²) in [4.78, 5) is 15.4. The third-order valence-electron chi connectivity index (χ3n) is 6.27. The van der Waals surface area contributed by atoms with Crippen molar-refractivity contribution in [2.24, 2.45) is 5.92 Å². The van der Waals surface area contributed by atoms with E-state index in [4.69, 9.17) is 21.1 Å². The van der Waals surface area contributed by atoms with E-state index in [1.165, 1.54) is 0 Å². The van der Waals surface area contributed by atoms with Crippen molar-refractivity contribution < 1.29 is 19.4 Å². The lowest BCUT2D eigenvalue weighted by Crippen LogP contribution is -2.47. The molecule has 5 rings (SSSR count). The summed E-state index contributed by atoms with van der Waals surface area (Å²) in [7, 11) is 1.63. The largest absolute Gasteiger partial charge is 0.497 e. The van der Waals surface area contributed by atoms with Crippen molar-refractivity contribution in [3.05, 3.63) is 100 Å². The molecule has 0 aromatic heterocycles. The third kappa shape index (κ3) is 3.56. The van der Waals surface area contributed by atoms with E-state index in [2.05, 4.69) is 0 Å². The molecule has 164 valence electrons. The molecule has 3 aromatic rings. The van der Waals surface area contributed by atoms with Crippen LogP contribution in [0.25, 0.3) is 0 Å².